The number of aryl methyl sites for hydroxylation is 2. The molecule has 0 heterocycles. The van der Waals surface area contributed by atoms with Gasteiger partial charge in [0.15, 0.2) is 0 Å². The Hall–Kier alpha value is -3.48. The summed E-state index contributed by atoms with van der Waals surface area (Å²) in [6, 6.07) is 12.4. The van der Waals surface area contributed by atoms with E-state index in [4.69, 9.17) is 0 Å². The molecule has 6 aromatic carbocycles. The molecule has 0 amide bonds. The van der Waals surface area contributed by atoms with Gasteiger partial charge in [-0.2, -0.15) is 91.2 Å². The maximum Gasteiger partial charge on any atom is 0.417 e. The molecule has 0 nitrogen and oxygen atoms in total. The third-order valence-corrected chi connectivity index (χ3v) is 8.48. The van der Waals surface area contributed by atoms with Crippen molar-refractivity contribution in [3.63, 3.8) is 0 Å². The topological polar surface area (TPSA) is 0 Å². The molecule has 336 valence electrons. The van der Waals surface area contributed by atoms with Crippen LogP contribution in [0.1, 0.15) is 44.5 Å². The van der Waals surface area contributed by atoms with E-state index in [2.05, 4.69) is 13.1 Å². The summed E-state index contributed by atoms with van der Waals surface area (Å²) in [5.41, 5.74) is -14.1. The largest absolute Gasteiger partial charge is 1.00 e. The van der Waals surface area contributed by atoms with Crippen molar-refractivity contribution in [3.05, 3.63) is 129 Å². The first-order valence-electron chi connectivity index (χ1n) is 16.8. The van der Waals surface area contributed by atoms with E-state index in [9.17, 15) is 79.0 Å². The van der Waals surface area contributed by atoms with E-state index < -0.39 is 92.7 Å². The van der Waals surface area contributed by atoms with E-state index in [0.717, 1.165) is 12.1 Å². The molecule has 0 unspecified atom stereocenters. The molecule has 0 aliphatic heterocycles. The van der Waals surface area contributed by atoms with Gasteiger partial charge in [-0.15, -0.1) is 69.1 Å². The molecule has 6 rings (SSSR count). The molecular formula is C40H26Cl2F18SiZr-2. The number of halogens is 20. The molecule has 6 aromatic rings. The van der Waals surface area contributed by atoms with Crippen LogP contribution in [-0.4, -0.2) is 5.43 Å². The van der Waals surface area contributed by atoms with Crippen LogP contribution < -0.4 is 24.8 Å². The third kappa shape index (κ3) is 12.8. The van der Waals surface area contributed by atoms with Crippen molar-refractivity contribution in [2.45, 2.75) is 64.0 Å². The van der Waals surface area contributed by atoms with Gasteiger partial charge in [0.05, 0.1) is 33.4 Å². The molecule has 0 aliphatic carbocycles. The van der Waals surface area contributed by atoms with Crippen LogP contribution in [0.3, 0.4) is 0 Å². The SMILES string of the molecule is C[Si](C)=[Zr+2].Cc1cc2c(-c3c(C(F)(F)F)cc(C(F)(F)F)cc3C(F)(F)F)cccc2[cH-]1.Cc1cc2c(-c3c(C(F)(F)F)cc(C(F)(F)F)cc3C(F)(F)F)cccc2[cH-]1.[Cl-].[Cl-]. The van der Waals surface area contributed by atoms with Gasteiger partial charge in [0.1, 0.15) is 0 Å². The first kappa shape index (κ1) is 54.7. The van der Waals surface area contributed by atoms with Crippen LogP contribution in [0, 0.1) is 13.8 Å². The van der Waals surface area contributed by atoms with Gasteiger partial charge in [-0.1, -0.05) is 37.1 Å². The first-order chi connectivity index (χ1) is 27.1. The summed E-state index contributed by atoms with van der Waals surface area (Å²) in [5, 5.41) is 0.957. The van der Waals surface area contributed by atoms with Crippen LogP contribution >= 0.6 is 0 Å². The van der Waals surface area contributed by atoms with E-state index in [1.54, 1.807) is 49.3 Å². The number of fused-ring (bicyclic) bond motifs is 2. The van der Waals surface area contributed by atoms with Crippen molar-refractivity contribution in [1.82, 2.24) is 0 Å². The van der Waals surface area contributed by atoms with Gasteiger partial charge >= 0.3 is 78.9 Å². The molecular weight excluding hydrogens is 1010 g/mol. The molecule has 22 heteroatoms. The average Bonchev–Trinajstić information content (AvgIpc) is 3.65. The molecule has 0 spiro atoms. The molecule has 0 fully saturated rings. The molecule has 0 N–H and O–H groups in total. The summed E-state index contributed by atoms with van der Waals surface area (Å²) in [7, 11) is 0. The van der Waals surface area contributed by atoms with Crippen molar-refractivity contribution in [2.24, 2.45) is 0 Å². The van der Waals surface area contributed by atoms with E-state index in [1.807, 2.05) is 0 Å². The van der Waals surface area contributed by atoms with Crippen LogP contribution in [0.2, 0.25) is 13.1 Å². The second-order valence-electron chi connectivity index (χ2n) is 13.6. The fraction of sp³-hybridized carbons (Fsp3) is 0.250. The zero-order valence-electron chi connectivity index (χ0n) is 31.6. The predicted molar refractivity (Wildman–Crippen MR) is 187 cm³/mol. The maximum absolute atomic E-state index is 13.5. The third-order valence-electron chi connectivity index (χ3n) is 8.48. The summed E-state index contributed by atoms with van der Waals surface area (Å²) in [6.07, 6.45) is -32.5. The fourth-order valence-electron chi connectivity index (χ4n) is 6.29. The monoisotopic (exact) mass is 1040 g/mol. The Labute approximate surface area is 368 Å². The Morgan fingerprint density at radius 1 is 0.419 bits per heavy atom. The number of benzene rings is 4. The molecule has 0 saturated heterocycles. The van der Waals surface area contributed by atoms with E-state index in [1.165, 1.54) is 36.4 Å². The first-order valence-corrected chi connectivity index (χ1v) is 22.9. The summed E-state index contributed by atoms with van der Waals surface area (Å²) in [4.78, 5) is 0. The quantitative estimate of drug-likeness (QED) is 0.0922. The van der Waals surface area contributed by atoms with Gasteiger partial charge in [-0.25, -0.2) is 0 Å². The Balaban J connectivity index is 0.000000381. The maximum atomic E-state index is 13.5. The minimum Gasteiger partial charge on any atom is -1.00 e. The molecule has 0 aliphatic rings. The number of hydrogen-bond acceptors (Lipinski definition) is 0. The van der Waals surface area contributed by atoms with Gasteiger partial charge in [-0.05, 0) is 35.4 Å². The van der Waals surface area contributed by atoms with Crippen molar-refractivity contribution in [1.29, 1.82) is 0 Å². The summed E-state index contributed by atoms with van der Waals surface area (Å²) < 4.78 is 240. The zero-order chi connectivity index (χ0) is 45.7. The molecule has 62 heavy (non-hydrogen) atoms. The number of hydrogen-bond donors (Lipinski definition) is 0. The predicted octanol–water partition coefficient (Wildman–Crippen LogP) is 9.97. The van der Waals surface area contributed by atoms with Crippen molar-refractivity contribution in [3.8, 4) is 22.3 Å². The van der Waals surface area contributed by atoms with Gasteiger partial charge in [0, 0.05) is 0 Å². The van der Waals surface area contributed by atoms with Crippen LogP contribution in [0.5, 0.6) is 0 Å². The van der Waals surface area contributed by atoms with Crippen molar-refractivity contribution in [2.75, 3.05) is 0 Å². The Morgan fingerprint density at radius 2 is 0.661 bits per heavy atom. The molecule has 0 atom stereocenters. The number of rotatable bonds is 2. The number of alkyl halides is 18. The summed E-state index contributed by atoms with van der Waals surface area (Å²) >= 11 is 1.74. The van der Waals surface area contributed by atoms with Crippen LogP contribution in [0.15, 0.2) is 84.9 Å². The van der Waals surface area contributed by atoms with Gasteiger partial charge in [0.2, 0.25) is 0 Å². The van der Waals surface area contributed by atoms with E-state index in [0.29, 0.717) is 21.9 Å². The van der Waals surface area contributed by atoms with Crippen molar-refractivity contribution < 1.29 is 127 Å². The van der Waals surface area contributed by atoms with Crippen LogP contribution in [0.25, 0.3) is 43.8 Å². The molecule has 0 bridgehead atoms. The standard InChI is InChI=1S/2C19H10F9.C2H6Si.2ClH.Zr/c2*1-9-5-10-3-2-4-12(13(10)6-9)16-14(18(23,24)25)7-11(17(20,21)22)8-15(16)19(26,27)28;1-3-2;;;/h2*2-8H,1H3;1-2H3;2*1H;/q2*-1;;;;+2/p-2. The Bertz CT molecular complexity index is 2290. The van der Waals surface area contributed by atoms with Gasteiger partial charge < -0.3 is 24.8 Å². The Morgan fingerprint density at radius 3 is 0.871 bits per heavy atom. The van der Waals surface area contributed by atoms with Gasteiger partial charge in [0.25, 0.3) is 0 Å². The summed E-state index contributed by atoms with van der Waals surface area (Å²) in [6.45, 7) is 7.82. The van der Waals surface area contributed by atoms with E-state index in [-0.39, 0.29) is 65.3 Å². The van der Waals surface area contributed by atoms with Gasteiger partial charge in [-0.3, -0.25) is 0 Å². The van der Waals surface area contributed by atoms with Crippen LogP contribution in [0.4, 0.5) is 79.0 Å². The smallest absolute Gasteiger partial charge is 0.417 e. The minimum atomic E-state index is -5.43. The average molecular weight is 1040 g/mol. The molecule has 0 saturated carbocycles. The molecule has 0 radical (unpaired) electrons. The molecule has 0 aromatic heterocycles. The zero-order valence-corrected chi connectivity index (χ0v) is 36.6. The van der Waals surface area contributed by atoms with E-state index >= 15 is 0 Å². The normalized spacial score (nSPS) is 12.5. The fourth-order valence-corrected chi connectivity index (χ4v) is 6.29. The Kier molecular flexibility index (Phi) is 17.0. The summed E-state index contributed by atoms with van der Waals surface area (Å²) in [5.74, 6) is 0. The second-order valence-corrected chi connectivity index (χ2v) is 22.9. The second kappa shape index (κ2) is 19.3. The van der Waals surface area contributed by atoms with Crippen molar-refractivity contribution >= 4 is 27.0 Å². The minimum absolute atomic E-state index is 0. The van der Waals surface area contributed by atoms with Crippen LogP contribution in [-0.2, 0) is 60.4 Å².